The first-order chi connectivity index (χ1) is 7.84. The molecule has 0 radical (unpaired) electrons. The molecule has 78 valence electrons. The van der Waals surface area contributed by atoms with Gasteiger partial charge in [0.15, 0.2) is 0 Å². The highest BCUT2D eigenvalue weighted by molar-refractivity contribution is 5.85. The Hall–Kier alpha value is -2.36. The van der Waals surface area contributed by atoms with Crippen molar-refractivity contribution in [3.8, 4) is 11.3 Å². The molecule has 0 bridgehead atoms. The van der Waals surface area contributed by atoms with Gasteiger partial charge < -0.3 is 10.7 Å². The zero-order valence-corrected chi connectivity index (χ0v) is 8.51. The molecular formula is C12H10N4. The van der Waals surface area contributed by atoms with Crippen molar-refractivity contribution in [2.45, 2.75) is 0 Å². The van der Waals surface area contributed by atoms with Crippen molar-refractivity contribution in [1.82, 2.24) is 15.0 Å². The Morgan fingerprint density at radius 1 is 1.06 bits per heavy atom. The van der Waals surface area contributed by atoms with Crippen molar-refractivity contribution in [1.29, 1.82) is 0 Å². The second kappa shape index (κ2) is 3.34. The molecule has 4 nitrogen and oxygen atoms in total. The Labute approximate surface area is 92.2 Å². The lowest BCUT2D eigenvalue weighted by Gasteiger charge is -2.00. The molecule has 0 aliphatic rings. The van der Waals surface area contributed by atoms with Gasteiger partial charge in [0.2, 0.25) is 0 Å². The van der Waals surface area contributed by atoms with Crippen LogP contribution in [0.2, 0.25) is 0 Å². The number of aromatic amines is 1. The third-order valence-electron chi connectivity index (χ3n) is 2.52. The lowest BCUT2D eigenvalue weighted by atomic mass is 10.2. The summed E-state index contributed by atoms with van der Waals surface area (Å²) in [5, 5.41) is 1.07. The van der Waals surface area contributed by atoms with Crippen molar-refractivity contribution >= 4 is 16.9 Å². The third-order valence-corrected chi connectivity index (χ3v) is 2.52. The van der Waals surface area contributed by atoms with Crippen molar-refractivity contribution in [2.24, 2.45) is 0 Å². The Morgan fingerprint density at radius 2 is 1.88 bits per heavy atom. The summed E-state index contributed by atoms with van der Waals surface area (Å²) in [6, 6.07) is 9.74. The molecule has 0 unspecified atom stereocenters. The molecular weight excluding hydrogens is 200 g/mol. The molecule has 4 heteroatoms. The van der Waals surface area contributed by atoms with Crippen LogP contribution in [0.15, 0.2) is 42.7 Å². The summed E-state index contributed by atoms with van der Waals surface area (Å²) >= 11 is 0. The van der Waals surface area contributed by atoms with E-state index in [9.17, 15) is 0 Å². The van der Waals surface area contributed by atoms with E-state index in [-0.39, 0.29) is 0 Å². The normalized spacial score (nSPS) is 10.8. The standard InChI is InChI=1S/C12H10N4/c13-11-9(4-2-5-14-11)10-7-8-3-1-6-15-12(8)16-10/h1-7H,(H2,13,14)(H,15,16). The number of nitrogen functional groups attached to an aromatic ring is 1. The van der Waals surface area contributed by atoms with Crippen LogP contribution in [0.3, 0.4) is 0 Å². The zero-order valence-electron chi connectivity index (χ0n) is 8.51. The first kappa shape index (κ1) is 8.91. The minimum atomic E-state index is 0.522. The summed E-state index contributed by atoms with van der Waals surface area (Å²) < 4.78 is 0. The largest absolute Gasteiger partial charge is 0.383 e. The van der Waals surface area contributed by atoms with E-state index in [1.54, 1.807) is 12.4 Å². The fourth-order valence-corrected chi connectivity index (χ4v) is 1.75. The summed E-state index contributed by atoms with van der Waals surface area (Å²) in [5.74, 6) is 0.522. The van der Waals surface area contributed by atoms with Gasteiger partial charge in [-0.05, 0) is 30.3 Å². The molecule has 0 saturated heterocycles. The maximum Gasteiger partial charge on any atom is 0.137 e. The van der Waals surface area contributed by atoms with Gasteiger partial charge in [0.25, 0.3) is 0 Å². The van der Waals surface area contributed by atoms with Gasteiger partial charge in [-0.3, -0.25) is 0 Å². The third kappa shape index (κ3) is 1.32. The minimum absolute atomic E-state index is 0.522. The molecule has 3 heterocycles. The lowest BCUT2D eigenvalue weighted by Crippen LogP contribution is -1.92. The second-order valence-corrected chi connectivity index (χ2v) is 3.56. The Bertz CT molecular complexity index is 609. The number of nitrogens with two attached hydrogens (primary N) is 1. The van der Waals surface area contributed by atoms with Crippen LogP contribution in [0, 0.1) is 0 Å². The predicted octanol–water partition coefficient (Wildman–Crippen LogP) is 2.21. The van der Waals surface area contributed by atoms with Crippen LogP contribution < -0.4 is 5.73 Å². The van der Waals surface area contributed by atoms with E-state index >= 15 is 0 Å². The number of rotatable bonds is 1. The SMILES string of the molecule is Nc1ncccc1-c1cc2cccnc2[nH]1. The minimum Gasteiger partial charge on any atom is -0.383 e. The van der Waals surface area contributed by atoms with Gasteiger partial charge >= 0.3 is 0 Å². The fraction of sp³-hybridized carbons (Fsp3) is 0. The van der Waals surface area contributed by atoms with Crippen LogP contribution in [-0.4, -0.2) is 15.0 Å². The predicted molar refractivity (Wildman–Crippen MR) is 63.7 cm³/mol. The number of anilines is 1. The van der Waals surface area contributed by atoms with E-state index in [1.807, 2.05) is 30.3 Å². The molecule has 3 rings (SSSR count). The molecule has 0 spiro atoms. The molecule has 0 atom stereocenters. The lowest BCUT2D eigenvalue weighted by molar-refractivity contribution is 1.30. The van der Waals surface area contributed by atoms with Gasteiger partial charge in [-0.15, -0.1) is 0 Å². The highest BCUT2D eigenvalue weighted by Gasteiger charge is 2.06. The first-order valence-electron chi connectivity index (χ1n) is 4.99. The molecule has 0 aliphatic carbocycles. The molecule has 0 saturated carbocycles. The monoisotopic (exact) mass is 210 g/mol. The van der Waals surface area contributed by atoms with Gasteiger partial charge in [0.1, 0.15) is 11.5 Å². The molecule has 3 aromatic rings. The number of nitrogens with zero attached hydrogens (tertiary/aromatic N) is 2. The number of nitrogens with one attached hydrogen (secondary N) is 1. The summed E-state index contributed by atoms with van der Waals surface area (Å²) in [6.45, 7) is 0. The Balaban J connectivity index is 2.23. The van der Waals surface area contributed by atoms with E-state index in [4.69, 9.17) is 5.73 Å². The molecule has 3 aromatic heterocycles. The van der Waals surface area contributed by atoms with Crippen LogP contribution in [-0.2, 0) is 0 Å². The smallest absolute Gasteiger partial charge is 0.137 e. The van der Waals surface area contributed by atoms with Gasteiger partial charge in [0.05, 0.1) is 5.69 Å². The zero-order chi connectivity index (χ0) is 11.0. The quantitative estimate of drug-likeness (QED) is 0.647. The number of aromatic nitrogens is 3. The maximum absolute atomic E-state index is 5.82. The van der Waals surface area contributed by atoms with Gasteiger partial charge in [0, 0.05) is 23.3 Å². The first-order valence-corrected chi connectivity index (χ1v) is 4.99. The van der Waals surface area contributed by atoms with Gasteiger partial charge in [-0.1, -0.05) is 0 Å². The number of hydrogen-bond donors (Lipinski definition) is 2. The summed E-state index contributed by atoms with van der Waals surface area (Å²) in [7, 11) is 0. The van der Waals surface area contributed by atoms with E-state index in [2.05, 4.69) is 15.0 Å². The molecule has 0 amide bonds. The second-order valence-electron chi connectivity index (χ2n) is 3.56. The highest BCUT2D eigenvalue weighted by Crippen LogP contribution is 2.25. The average Bonchev–Trinajstić information content (AvgIpc) is 2.73. The number of H-pyrrole nitrogens is 1. The van der Waals surface area contributed by atoms with Gasteiger partial charge in [-0.2, -0.15) is 0 Å². The summed E-state index contributed by atoms with van der Waals surface area (Å²) in [6.07, 6.45) is 3.44. The van der Waals surface area contributed by atoms with Crippen LogP contribution in [0.1, 0.15) is 0 Å². The molecule has 0 fully saturated rings. The van der Waals surface area contributed by atoms with E-state index in [1.165, 1.54) is 0 Å². The van der Waals surface area contributed by atoms with Crippen LogP contribution in [0.25, 0.3) is 22.3 Å². The van der Waals surface area contributed by atoms with Crippen molar-refractivity contribution in [3.05, 3.63) is 42.7 Å². The Morgan fingerprint density at radius 3 is 2.69 bits per heavy atom. The molecule has 3 N–H and O–H groups in total. The molecule has 0 aliphatic heterocycles. The van der Waals surface area contributed by atoms with Crippen molar-refractivity contribution < 1.29 is 0 Å². The van der Waals surface area contributed by atoms with E-state index in [0.29, 0.717) is 5.82 Å². The average molecular weight is 210 g/mol. The van der Waals surface area contributed by atoms with E-state index < -0.39 is 0 Å². The van der Waals surface area contributed by atoms with Crippen LogP contribution in [0.5, 0.6) is 0 Å². The van der Waals surface area contributed by atoms with Crippen LogP contribution >= 0.6 is 0 Å². The molecule has 16 heavy (non-hydrogen) atoms. The highest BCUT2D eigenvalue weighted by atomic mass is 14.9. The summed E-state index contributed by atoms with van der Waals surface area (Å²) in [4.78, 5) is 11.5. The van der Waals surface area contributed by atoms with Gasteiger partial charge in [-0.25, -0.2) is 9.97 Å². The van der Waals surface area contributed by atoms with E-state index in [0.717, 1.165) is 22.3 Å². The van der Waals surface area contributed by atoms with Crippen molar-refractivity contribution in [2.75, 3.05) is 5.73 Å². The number of hydrogen-bond acceptors (Lipinski definition) is 3. The topological polar surface area (TPSA) is 67.6 Å². The summed E-state index contributed by atoms with van der Waals surface area (Å²) in [5.41, 5.74) is 8.53. The fourth-order valence-electron chi connectivity index (χ4n) is 1.75. The van der Waals surface area contributed by atoms with Crippen LogP contribution in [0.4, 0.5) is 5.82 Å². The Kier molecular flexibility index (Phi) is 1.86. The van der Waals surface area contributed by atoms with Crippen molar-refractivity contribution in [3.63, 3.8) is 0 Å². The number of fused-ring (bicyclic) bond motifs is 1. The number of pyridine rings is 2. The molecule has 0 aromatic carbocycles. The maximum atomic E-state index is 5.82.